The third-order valence-electron chi connectivity index (χ3n) is 3.77. The number of carbonyl (C=O) groups is 1. The van der Waals surface area contributed by atoms with Gasteiger partial charge in [-0.15, -0.1) is 0 Å². The molecule has 1 aliphatic heterocycles. The van der Waals surface area contributed by atoms with Crippen molar-refractivity contribution in [2.45, 2.75) is 12.7 Å². The van der Waals surface area contributed by atoms with Crippen LogP contribution in [-0.4, -0.2) is 30.7 Å². The summed E-state index contributed by atoms with van der Waals surface area (Å²) in [5.41, 5.74) is 1.98. The van der Waals surface area contributed by atoms with E-state index in [1.165, 1.54) is 0 Å². The zero-order valence-electron chi connectivity index (χ0n) is 12.7. The average molecular weight is 332 g/mol. The van der Waals surface area contributed by atoms with Gasteiger partial charge in [0.2, 0.25) is 0 Å². The Hall–Kier alpha value is -2.04. The van der Waals surface area contributed by atoms with E-state index in [1.54, 1.807) is 4.90 Å². The van der Waals surface area contributed by atoms with E-state index in [2.05, 4.69) is 0 Å². The number of rotatable bonds is 3. The quantitative estimate of drug-likeness (QED) is 0.851. The van der Waals surface area contributed by atoms with Crippen molar-refractivity contribution in [2.24, 2.45) is 0 Å². The van der Waals surface area contributed by atoms with Crippen LogP contribution in [-0.2, 0) is 16.1 Å². The molecule has 23 heavy (non-hydrogen) atoms. The minimum absolute atomic E-state index is 0.148. The number of nitrogens with zero attached hydrogens (tertiary/aromatic N) is 1. The molecule has 1 unspecified atom stereocenters. The van der Waals surface area contributed by atoms with E-state index in [0.29, 0.717) is 24.7 Å². The van der Waals surface area contributed by atoms with Gasteiger partial charge >= 0.3 is 6.09 Å². The van der Waals surface area contributed by atoms with E-state index in [4.69, 9.17) is 21.1 Å². The van der Waals surface area contributed by atoms with Gasteiger partial charge in [-0.05, 0) is 23.3 Å². The van der Waals surface area contributed by atoms with Crippen LogP contribution in [0.3, 0.4) is 0 Å². The molecule has 0 radical (unpaired) electrons. The number of morpholine rings is 1. The van der Waals surface area contributed by atoms with E-state index >= 15 is 0 Å². The van der Waals surface area contributed by atoms with Crippen molar-refractivity contribution in [1.29, 1.82) is 0 Å². The van der Waals surface area contributed by atoms with Crippen LogP contribution in [0.2, 0.25) is 5.02 Å². The lowest BCUT2D eigenvalue weighted by atomic mass is 10.1. The topological polar surface area (TPSA) is 38.8 Å². The summed E-state index contributed by atoms with van der Waals surface area (Å²) in [7, 11) is 0. The lowest BCUT2D eigenvalue weighted by Crippen LogP contribution is -2.42. The fraction of sp³-hybridized carbons (Fsp3) is 0.278. The Bertz CT molecular complexity index is 645. The van der Waals surface area contributed by atoms with Gasteiger partial charge in [-0.25, -0.2) is 4.79 Å². The summed E-state index contributed by atoms with van der Waals surface area (Å²) < 4.78 is 11.1. The van der Waals surface area contributed by atoms with Gasteiger partial charge < -0.3 is 14.4 Å². The third kappa shape index (κ3) is 4.24. The molecule has 0 N–H and O–H groups in total. The maximum absolute atomic E-state index is 12.2. The lowest BCUT2D eigenvalue weighted by Gasteiger charge is -2.32. The Balaban J connectivity index is 1.57. The predicted molar refractivity (Wildman–Crippen MR) is 88.3 cm³/mol. The largest absolute Gasteiger partial charge is 0.445 e. The van der Waals surface area contributed by atoms with Crippen molar-refractivity contribution < 1.29 is 14.3 Å². The van der Waals surface area contributed by atoms with Crippen LogP contribution in [0.4, 0.5) is 4.79 Å². The Morgan fingerprint density at radius 1 is 1.17 bits per heavy atom. The molecule has 3 rings (SSSR count). The summed E-state index contributed by atoms with van der Waals surface area (Å²) in [5, 5.41) is 0.684. The Morgan fingerprint density at radius 2 is 1.91 bits per heavy atom. The first kappa shape index (κ1) is 15.8. The average Bonchev–Trinajstić information content (AvgIpc) is 2.61. The molecule has 0 aliphatic carbocycles. The van der Waals surface area contributed by atoms with Gasteiger partial charge in [-0.1, -0.05) is 54.1 Å². The van der Waals surface area contributed by atoms with Crippen LogP contribution in [0.5, 0.6) is 0 Å². The van der Waals surface area contributed by atoms with Crippen LogP contribution < -0.4 is 0 Å². The summed E-state index contributed by atoms with van der Waals surface area (Å²) >= 11 is 5.90. The second kappa shape index (κ2) is 7.49. The molecule has 1 aliphatic rings. The van der Waals surface area contributed by atoms with Gasteiger partial charge in [0, 0.05) is 11.6 Å². The minimum Gasteiger partial charge on any atom is -0.445 e. The van der Waals surface area contributed by atoms with Gasteiger partial charge in [-0.3, -0.25) is 0 Å². The number of hydrogen-bond acceptors (Lipinski definition) is 3. The smallest absolute Gasteiger partial charge is 0.410 e. The second-order valence-corrected chi connectivity index (χ2v) is 5.83. The molecule has 0 spiro atoms. The number of halogens is 1. The van der Waals surface area contributed by atoms with Crippen molar-refractivity contribution in [1.82, 2.24) is 4.90 Å². The van der Waals surface area contributed by atoms with E-state index < -0.39 is 0 Å². The van der Waals surface area contributed by atoms with Crippen LogP contribution in [0, 0.1) is 0 Å². The molecule has 1 atom stereocenters. The molecule has 0 saturated carbocycles. The first-order valence-electron chi connectivity index (χ1n) is 7.55. The van der Waals surface area contributed by atoms with Gasteiger partial charge in [0.05, 0.1) is 13.2 Å². The molecule has 4 nitrogen and oxygen atoms in total. The Kier molecular flexibility index (Phi) is 5.16. The molecule has 120 valence electrons. The van der Waals surface area contributed by atoms with Gasteiger partial charge in [0.1, 0.15) is 12.7 Å². The molecule has 0 bridgehead atoms. The van der Waals surface area contributed by atoms with Gasteiger partial charge in [-0.2, -0.15) is 0 Å². The molecule has 1 amide bonds. The van der Waals surface area contributed by atoms with Crippen LogP contribution in [0.15, 0.2) is 54.6 Å². The fourth-order valence-electron chi connectivity index (χ4n) is 2.50. The highest BCUT2D eigenvalue weighted by Gasteiger charge is 2.26. The number of benzene rings is 2. The highest BCUT2D eigenvalue weighted by atomic mass is 35.5. The standard InChI is InChI=1S/C18H18ClNO3/c19-16-8-6-15(7-9-16)17-12-20(10-11-22-17)18(21)23-13-14-4-2-1-3-5-14/h1-9,17H,10-13H2. The van der Waals surface area contributed by atoms with E-state index in [0.717, 1.165) is 11.1 Å². The number of hydrogen-bond donors (Lipinski definition) is 0. The molecule has 2 aromatic carbocycles. The van der Waals surface area contributed by atoms with E-state index in [9.17, 15) is 4.79 Å². The highest BCUT2D eigenvalue weighted by Crippen LogP contribution is 2.24. The van der Waals surface area contributed by atoms with Crippen LogP contribution in [0.1, 0.15) is 17.2 Å². The number of ether oxygens (including phenoxy) is 2. The van der Waals surface area contributed by atoms with Crippen molar-refractivity contribution in [3.63, 3.8) is 0 Å². The van der Waals surface area contributed by atoms with Crippen molar-refractivity contribution in [3.8, 4) is 0 Å². The van der Waals surface area contributed by atoms with Crippen molar-refractivity contribution in [2.75, 3.05) is 19.7 Å². The highest BCUT2D eigenvalue weighted by molar-refractivity contribution is 6.30. The SMILES string of the molecule is O=C(OCc1ccccc1)N1CCOC(c2ccc(Cl)cc2)C1. The summed E-state index contributed by atoms with van der Waals surface area (Å²) in [4.78, 5) is 13.9. The summed E-state index contributed by atoms with van der Waals surface area (Å²) in [5.74, 6) is 0. The molecular formula is C18H18ClNO3. The van der Waals surface area contributed by atoms with Crippen LogP contribution >= 0.6 is 11.6 Å². The zero-order chi connectivity index (χ0) is 16.1. The maximum atomic E-state index is 12.2. The Labute approximate surface area is 140 Å². The molecule has 1 saturated heterocycles. The van der Waals surface area contributed by atoms with Gasteiger partial charge in [0.25, 0.3) is 0 Å². The Morgan fingerprint density at radius 3 is 2.65 bits per heavy atom. The van der Waals surface area contributed by atoms with Crippen LogP contribution in [0.25, 0.3) is 0 Å². The molecule has 5 heteroatoms. The number of amides is 1. The first-order valence-corrected chi connectivity index (χ1v) is 7.93. The summed E-state index contributed by atoms with van der Waals surface area (Å²) in [6.07, 6.45) is -0.457. The summed E-state index contributed by atoms with van der Waals surface area (Å²) in [6, 6.07) is 17.1. The minimum atomic E-state index is -0.309. The molecule has 1 heterocycles. The lowest BCUT2D eigenvalue weighted by molar-refractivity contribution is -0.0296. The molecule has 2 aromatic rings. The van der Waals surface area contributed by atoms with Crippen molar-refractivity contribution in [3.05, 3.63) is 70.7 Å². The third-order valence-corrected chi connectivity index (χ3v) is 4.02. The van der Waals surface area contributed by atoms with E-state index in [-0.39, 0.29) is 18.8 Å². The molecule has 0 aromatic heterocycles. The molecular weight excluding hydrogens is 314 g/mol. The van der Waals surface area contributed by atoms with Gasteiger partial charge in [0.15, 0.2) is 0 Å². The number of carbonyl (C=O) groups excluding carboxylic acids is 1. The normalized spacial score (nSPS) is 17.8. The summed E-state index contributed by atoms with van der Waals surface area (Å²) in [6.45, 7) is 1.79. The monoisotopic (exact) mass is 331 g/mol. The zero-order valence-corrected chi connectivity index (χ0v) is 13.4. The fourth-order valence-corrected chi connectivity index (χ4v) is 2.63. The molecule has 1 fully saturated rings. The predicted octanol–water partition coefficient (Wildman–Crippen LogP) is 4.05. The van der Waals surface area contributed by atoms with Crippen molar-refractivity contribution >= 4 is 17.7 Å². The van der Waals surface area contributed by atoms with E-state index in [1.807, 2.05) is 54.6 Å². The second-order valence-electron chi connectivity index (χ2n) is 5.40. The maximum Gasteiger partial charge on any atom is 0.410 e. The first-order chi connectivity index (χ1) is 11.2.